The maximum Gasteiger partial charge on any atom is 0.247 e. The summed E-state index contributed by atoms with van der Waals surface area (Å²) in [4.78, 5) is 9.86. The van der Waals surface area contributed by atoms with Crippen molar-refractivity contribution < 1.29 is 18.4 Å². The highest BCUT2D eigenvalue weighted by atomic mass is 32.1. The number of aromatic nitrogens is 3. The quantitative estimate of drug-likeness (QED) is 0.318. The average Bonchev–Trinajstić information content (AvgIpc) is 3.18. The van der Waals surface area contributed by atoms with Crippen LogP contribution in [0.4, 0.5) is 4.39 Å². The smallest absolute Gasteiger partial charge is 0.247 e. The number of thiazole rings is 1. The molecule has 0 spiro atoms. The van der Waals surface area contributed by atoms with Crippen LogP contribution >= 0.6 is 11.3 Å². The van der Waals surface area contributed by atoms with Crippen LogP contribution in [0.1, 0.15) is 23.5 Å². The number of hydrogen-bond acceptors (Lipinski definition) is 5. The largest absolute Gasteiger partial charge is 0.493 e. The third-order valence-corrected chi connectivity index (χ3v) is 7.27. The van der Waals surface area contributed by atoms with Gasteiger partial charge in [-0.1, -0.05) is 41.7 Å². The number of methoxy groups -OCH3 is 2. The number of fused-ring (bicyclic) bond motifs is 2. The molecule has 0 amide bonds. The Kier molecular flexibility index (Phi) is 5.42. The second-order valence-corrected chi connectivity index (χ2v) is 8.92. The Hall–Kier alpha value is -3.58. The Morgan fingerprint density at radius 2 is 1.67 bits per heavy atom. The van der Waals surface area contributed by atoms with Crippen LogP contribution in [0.5, 0.6) is 11.5 Å². The molecule has 0 fully saturated rings. The summed E-state index contributed by atoms with van der Waals surface area (Å²) in [6.45, 7) is 2.12. The van der Waals surface area contributed by atoms with Gasteiger partial charge in [-0.3, -0.25) is 0 Å². The highest BCUT2D eigenvalue weighted by Gasteiger charge is 2.28. The van der Waals surface area contributed by atoms with Gasteiger partial charge in [0.25, 0.3) is 0 Å². The van der Waals surface area contributed by atoms with Gasteiger partial charge in [0.2, 0.25) is 10.5 Å². The van der Waals surface area contributed by atoms with Gasteiger partial charge in [-0.05, 0) is 25.1 Å². The maximum absolute atomic E-state index is 13.9. The van der Waals surface area contributed by atoms with Gasteiger partial charge in [-0.2, -0.15) is 4.57 Å². The zero-order valence-corrected chi connectivity index (χ0v) is 19.6. The summed E-state index contributed by atoms with van der Waals surface area (Å²) in [6, 6.07) is 18.6. The molecule has 0 N–H and O–H groups in total. The fraction of sp³-hybridized carbons (Fsp3) is 0.192. The van der Waals surface area contributed by atoms with E-state index in [0.29, 0.717) is 17.3 Å². The first-order valence-electron chi connectivity index (χ1n) is 10.6. The molecule has 3 aromatic carbocycles. The summed E-state index contributed by atoms with van der Waals surface area (Å²) in [6.07, 6.45) is 0. The van der Waals surface area contributed by atoms with Crippen molar-refractivity contribution in [3.05, 3.63) is 77.2 Å². The van der Waals surface area contributed by atoms with Crippen LogP contribution in [-0.4, -0.2) is 24.2 Å². The van der Waals surface area contributed by atoms with Crippen molar-refractivity contribution in [2.45, 2.75) is 12.8 Å². The Balaban J connectivity index is 1.77. The zero-order chi connectivity index (χ0) is 23.1. The van der Waals surface area contributed by atoms with Crippen LogP contribution in [0, 0.1) is 5.82 Å². The first kappa shape index (κ1) is 21.3. The predicted molar refractivity (Wildman–Crippen MR) is 129 cm³/mol. The van der Waals surface area contributed by atoms with E-state index in [0.717, 1.165) is 37.4 Å². The van der Waals surface area contributed by atoms with Gasteiger partial charge < -0.3 is 9.47 Å². The second kappa shape index (κ2) is 8.41. The van der Waals surface area contributed by atoms with Crippen molar-refractivity contribution in [2.24, 2.45) is 7.05 Å². The van der Waals surface area contributed by atoms with Gasteiger partial charge in [0.15, 0.2) is 17.3 Å². The van der Waals surface area contributed by atoms with Crippen molar-refractivity contribution in [3.63, 3.8) is 0 Å². The summed E-state index contributed by atoms with van der Waals surface area (Å²) in [7, 11) is 5.20. The molecule has 2 aromatic heterocycles. The summed E-state index contributed by atoms with van der Waals surface area (Å²) < 4.78 is 28.1. The molecule has 7 heteroatoms. The highest BCUT2D eigenvalue weighted by Crippen LogP contribution is 2.38. The molecule has 166 valence electrons. The maximum atomic E-state index is 13.9. The molecule has 0 aliphatic rings. The van der Waals surface area contributed by atoms with Gasteiger partial charge >= 0.3 is 0 Å². The lowest BCUT2D eigenvalue weighted by Crippen LogP contribution is -2.32. The van der Waals surface area contributed by atoms with E-state index < -0.39 is 0 Å². The van der Waals surface area contributed by atoms with E-state index in [1.807, 2.05) is 60.1 Å². The second-order valence-electron chi connectivity index (χ2n) is 7.86. The Morgan fingerprint density at radius 3 is 2.39 bits per heavy atom. The molecule has 5 aromatic rings. The van der Waals surface area contributed by atoms with E-state index in [4.69, 9.17) is 19.4 Å². The minimum absolute atomic E-state index is 0.0680. The average molecular weight is 461 g/mol. The van der Waals surface area contributed by atoms with Crippen LogP contribution in [0.3, 0.4) is 0 Å². The van der Waals surface area contributed by atoms with E-state index in [1.165, 1.54) is 6.07 Å². The minimum Gasteiger partial charge on any atom is -0.493 e. The summed E-state index contributed by atoms with van der Waals surface area (Å²) >= 11 is 1.64. The van der Waals surface area contributed by atoms with Crippen LogP contribution in [0.2, 0.25) is 0 Å². The van der Waals surface area contributed by atoms with E-state index in [9.17, 15) is 4.39 Å². The van der Waals surface area contributed by atoms with Crippen molar-refractivity contribution in [1.82, 2.24) is 9.97 Å². The first-order valence-corrected chi connectivity index (χ1v) is 11.4. The molecule has 0 saturated heterocycles. The Labute approximate surface area is 195 Å². The van der Waals surface area contributed by atoms with Crippen molar-refractivity contribution in [1.29, 1.82) is 0 Å². The lowest BCUT2D eigenvalue weighted by atomic mass is 10.0. The number of benzene rings is 3. The van der Waals surface area contributed by atoms with E-state index in [1.54, 1.807) is 31.6 Å². The molecule has 0 radical (unpaired) electrons. The van der Waals surface area contributed by atoms with Crippen molar-refractivity contribution in [3.8, 4) is 22.9 Å². The fourth-order valence-electron chi connectivity index (χ4n) is 4.16. The van der Waals surface area contributed by atoms with Gasteiger partial charge in [0.1, 0.15) is 17.6 Å². The highest BCUT2D eigenvalue weighted by molar-refractivity contribution is 7.18. The summed E-state index contributed by atoms with van der Waals surface area (Å²) in [5.41, 5.74) is 3.45. The molecular formula is C26H23FN3O2S+. The standard InChI is InChI=1S/C26H23FN3O2S/c1-15(26-30(2)20-12-17(27)10-11-23(20)33-26)24-18-13-21(31-3)22(32-4)14-19(18)28-25(29-24)16-8-6-5-7-9-16/h5-15H,1-4H3/q+1. The van der Waals surface area contributed by atoms with Crippen LogP contribution < -0.4 is 14.0 Å². The molecule has 0 aliphatic heterocycles. The van der Waals surface area contributed by atoms with Crippen LogP contribution in [0.15, 0.2) is 60.7 Å². The Bertz CT molecular complexity index is 1480. The lowest BCUT2D eigenvalue weighted by molar-refractivity contribution is -0.648. The molecule has 0 bridgehead atoms. The SMILES string of the molecule is COc1cc2nc(-c3ccccc3)nc(C(C)c3sc4ccc(F)cc4[n+]3C)c2cc1OC. The van der Waals surface area contributed by atoms with Crippen molar-refractivity contribution >= 4 is 32.5 Å². The number of ether oxygens (including phenoxy) is 2. The first-order chi connectivity index (χ1) is 16.0. The molecule has 5 rings (SSSR count). The lowest BCUT2D eigenvalue weighted by Gasteiger charge is -2.15. The Morgan fingerprint density at radius 1 is 0.939 bits per heavy atom. The molecule has 33 heavy (non-hydrogen) atoms. The van der Waals surface area contributed by atoms with Crippen LogP contribution in [-0.2, 0) is 7.05 Å². The van der Waals surface area contributed by atoms with E-state index in [2.05, 4.69) is 6.92 Å². The third kappa shape index (κ3) is 3.68. The summed E-state index contributed by atoms with van der Waals surface area (Å²) in [5.74, 6) is 1.57. The number of halogens is 1. The number of rotatable bonds is 5. The minimum atomic E-state index is -0.245. The molecule has 5 nitrogen and oxygen atoms in total. The topological polar surface area (TPSA) is 48.1 Å². The van der Waals surface area contributed by atoms with Crippen LogP contribution in [0.25, 0.3) is 32.5 Å². The predicted octanol–water partition coefficient (Wildman–Crippen LogP) is 5.64. The molecule has 0 aliphatic carbocycles. The number of nitrogens with zero attached hydrogens (tertiary/aromatic N) is 3. The summed E-state index contributed by atoms with van der Waals surface area (Å²) in [5, 5.41) is 1.97. The van der Waals surface area contributed by atoms with Crippen molar-refractivity contribution in [2.75, 3.05) is 14.2 Å². The molecule has 0 saturated carbocycles. The fourth-order valence-corrected chi connectivity index (χ4v) is 5.35. The molecule has 1 atom stereocenters. The molecule has 2 heterocycles. The molecule has 1 unspecified atom stereocenters. The third-order valence-electron chi connectivity index (χ3n) is 5.87. The normalized spacial score (nSPS) is 12.3. The molecular weight excluding hydrogens is 437 g/mol. The van der Waals surface area contributed by atoms with Gasteiger partial charge in [-0.25, -0.2) is 14.4 Å². The zero-order valence-electron chi connectivity index (χ0n) is 18.8. The van der Waals surface area contributed by atoms with Gasteiger partial charge in [0, 0.05) is 23.1 Å². The van der Waals surface area contributed by atoms with E-state index in [-0.39, 0.29) is 11.7 Å². The number of aryl methyl sites for hydroxylation is 1. The van der Waals surface area contributed by atoms with Gasteiger partial charge in [0.05, 0.1) is 31.3 Å². The monoisotopic (exact) mass is 460 g/mol. The van der Waals surface area contributed by atoms with E-state index >= 15 is 0 Å². The van der Waals surface area contributed by atoms with Gasteiger partial charge in [-0.15, -0.1) is 0 Å². The number of hydrogen-bond donors (Lipinski definition) is 0.